The standard InChI is InChI=1S/C16H24FNO3S/c1-15(2,3)22(20)18-16(4,12-9-21-10-14(12)19)11-7-5-6-8-13(11)17/h5-8,12,14,18-19H,9-10H2,1-4H3/t12-,14+,16+,22+/m0/s1. The fraction of sp³-hybridized carbons (Fsp3) is 0.625. The normalized spacial score (nSPS) is 26.7. The Kier molecular flexibility index (Phi) is 5.19. The van der Waals surface area contributed by atoms with Gasteiger partial charge in [-0.2, -0.15) is 0 Å². The number of benzene rings is 1. The summed E-state index contributed by atoms with van der Waals surface area (Å²) in [5, 5.41) is 10.2. The average molecular weight is 329 g/mol. The quantitative estimate of drug-likeness (QED) is 0.831. The van der Waals surface area contributed by atoms with Crippen LogP contribution in [0.4, 0.5) is 4.39 Å². The molecule has 4 nitrogen and oxygen atoms in total. The summed E-state index contributed by atoms with van der Waals surface area (Å²) in [7, 11) is 0. The third-order valence-electron chi connectivity index (χ3n) is 4.09. The van der Waals surface area contributed by atoms with Gasteiger partial charge in [0.25, 0.3) is 0 Å². The van der Waals surface area contributed by atoms with Crippen LogP contribution in [0.15, 0.2) is 24.3 Å². The van der Waals surface area contributed by atoms with E-state index in [2.05, 4.69) is 4.72 Å². The van der Waals surface area contributed by atoms with E-state index in [0.717, 1.165) is 0 Å². The van der Waals surface area contributed by atoms with Crippen molar-refractivity contribution in [1.82, 2.24) is 4.72 Å². The van der Waals surface area contributed by atoms with Crippen molar-refractivity contribution in [2.24, 2.45) is 5.92 Å². The van der Waals surface area contributed by atoms with Crippen molar-refractivity contribution in [1.29, 1.82) is 0 Å². The second-order valence-corrected chi connectivity index (χ2v) is 8.84. The smallest absolute Gasteiger partial charge is 0.136 e. The summed E-state index contributed by atoms with van der Waals surface area (Å²) in [6.07, 6.45) is -0.728. The minimum atomic E-state index is -1.41. The summed E-state index contributed by atoms with van der Waals surface area (Å²) in [6.45, 7) is 7.81. The Balaban J connectivity index is 2.43. The zero-order chi connectivity index (χ0) is 16.5. The molecule has 1 fully saturated rings. The molecule has 0 unspecified atom stereocenters. The second-order valence-electron chi connectivity index (χ2n) is 6.88. The first-order chi connectivity index (χ1) is 10.2. The molecule has 1 saturated heterocycles. The molecule has 0 radical (unpaired) electrons. The maximum absolute atomic E-state index is 14.4. The Morgan fingerprint density at radius 3 is 2.41 bits per heavy atom. The fourth-order valence-electron chi connectivity index (χ4n) is 2.65. The van der Waals surface area contributed by atoms with Crippen LogP contribution < -0.4 is 4.72 Å². The second kappa shape index (κ2) is 6.45. The van der Waals surface area contributed by atoms with Crippen LogP contribution >= 0.6 is 0 Å². The Hall–Kier alpha value is -0.660. The van der Waals surface area contributed by atoms with E-state index in [9.17, 15) is 14.0 Å². The molecule has 0 aromatic heterocycles. The molecule has 1 aromatic carbocycles. The number of halogens is 1. The molecule has 2 N–H and O–H groups in total. The number of aliphatic hydroxyl groups excluding tert-OH is 1. The van der Waals surface area contributed by atoms with Gasteiger partial charge in [0.15, 0.2) is 0 Å². The van der Waals surface area contributed by atoms with Gasteiger partial charge in [0, 0.05) is 22.8 Å². The first-order valence-electron chi connectivity index (χ1n) is 7.37. The number of nitrogens with one attached hydrogen (secondary N) is 1. The van der Waals surface area contributed by atoms with Crippen molar-refractivity contribution < 1.29 is 18.8 Å². The molecule has 0 amide bonds. The summed E-state index contributed by atoms with van der Waals surface area (Å²) in [4.78, 5) is 0. The van der Waals surface area contributed by atoms with Gasteiger partial charge in [-0.25, -0.2) is 4.39 Å². The molecule has 1 aliphatic rings. The van der Waals surface area contributed by atoms with Crippen LogP contribution in [0, 0.1) is 11.7 Å². The highest BCUT2D eigenvalue weighted by Gasteiger charge is 2.49. The van der Waals surface area contributed by atoms with E-state index in [1.54, 1.807) is 25.1 Å². The molecular formula is C16H24FNO3S. The Morgan fingerprint density at radius 2 is 1.91 bits per heavy atom. The van der Waals surface area contributed by atoms with Gasteiger partial charge in [-0.3, -0.25) is 0 Å². The van der Waals surface area contributed by atoms with E-state index >= 15 is 0 Å². The maximum atomic E-state index is 14.4. The largest absolute Gasteiger partial charge is 0.598 e. The van der Waals surface area contributed by atoms with Crippen LogP contribution in [0.5, 0.6) is 0 Å². The van der Waals surface area contributed by atoms with E-state index in [1.807, 2.05) is 20.8 Å². The van der Waals surface area contributed by atoms with Crippen LogP contribution in [-0.2, 0) is 21.6 Å². The van der Waals surface area contributed by atoms with Crippen LogP contribution in [-0.4, -0.2) is 33.7 Å². The van der Waals surface area contributed by atoms with Gasteiger partial charge < -0.3 is 14.4 Å². The molecule has 1 aliphatic heterocycles. The van der Waals surface area contributed by atoms with Gasteiger partial charge in [0.05, 0.1) is 24.9 Å². The topological polar surface area (TPSA) is 64.5 Å². The number of rotatable bonds is 4. The lowest BCUT2D eigenvalue weighted by Gasteiger charge is -2.39. The first-order valence-corrected chi connectivity index (χ1v) is 8.52. The van der Waals surface area contributed by atoms with E-state index in [0.29, 0.717) is 12.2 Å². The lowest BCUT2D eigenvalue weighted by molar-refractivity contribution is 0.0914. The van der Waals surface area contributed by atoms with Gasteiger partial charge in [-0.1, -0.05) is 18.2 Å². The summed E-state index contributed by atoms with van der Waals surface area (Å²) < 4.78 is 34.8. The van der Waals surface area contributed by atoms with E-state index < -0.39 is 27.8 Å². The summed E-state index contributed by atoms with van der Waals surface area (Å²) in [5.41, 5.74) is -0.596. The highest BCUT2D eigenvalue weighted by Crippen LogP contribution is 2.38. The molecule has 1 aromatic rings. The number of hydrogen-bond acceptors (Lipinski definition) is 4. The van der Waals surface area contributed by atoms with Crippen molar-refractivity contribution in [3.63, 3.8) is 0 Å². The monoisotopic (exact) mass is 329 g/mol. The van der Waals surface area contributed by atoms with Crippen molar-refractivity contribution in [3.8, 4) is 0 Å². The highest BCUT2D eigenvalue weighted by molar-refractivity contribution is 7.90. The molecule has 22 heavy (non-hydrogen) atoms. The zero-order valence-electron chi connectivity index (χ0n) is 13.4. The van der Waals surface area contributed by atoms with Crippen molar-refractivity contribution in [2.45, 2.75) is 44.1 Å². The fourth-order valence-corrected chi connectivity index (χ4v) is 3.61. The average Bonchev–Trinajstić information content (AvgIpc) is 2.84. The van der Waals surface area contributed by atoms with E-state index in [4.69, 9.17) is 4.74 Å². The van der Waals surface area contributed by atoms with Crippen LogP contribution in [0.25, 0.3) is 0 Å². The molecule has 1 heterocycles. The first kappa shape index (κ1) is 17.7. The zero-order valence-corrected chi connectivity index (χ0v) is 14.2. The maximum Gasteiger partial charge on any atom is 0.136 e. The Morgan fingerprint density at radius 1 is 1.27 bits per heavy atom. The van der Waals surface area contributed by atoms with Crippen molar-refractivity contribution in [3.05, 3.63) is 35.6 Å². The lowest BCUT2D eigenvalue weighted by Crippen LogP contribution is -2.56. The Labute approximate surface area is 134 Å². The van der Waals surface area contributed by atoms with Gasteiger partial charge in [0.1, 0.15) is 10.6 Å². The molecule has 4 atom stereocenters. The minimum absolute atomic E-state index is 0.207. The molecule has 0 spiro atoms. The van der Waals surface area contributed by atoms with Crippen LogP contribution in [0.2, 0.25) is 0 Å². The predicted octanol–water partition coefficient (Wildman–Crippen LogP) is 2.10. The third-order valence-corrected chi connectivity index (χ3v) is 5.81. The van der Waals surface area contributed by atoms with E-state index in [1.165, 1.54) is 6.07 Å². The Bertz CT molecular complexity index is 522. The highest BCUT2D eigenvalue weighted by atomic mass is 32.2. The predicted molar refractivity (Wildman–Crippen MR) is 85.1 cm³/mol. The third kappa shape index (κ3) is 3.46. The molecule has 0 aliphatic carbocycles. The summed E-state index contributed by atoms with van der Waals surface area (Å²) >= 11 is -1.41. The molecule has 124 valence electrons. The molecular weight excluding hydrogens is 305 g/mol. The minimum Gasteiger partial charge on any atom is -0.598 e. The van der Waals surface area contributed by atoms with Crippen molar-refractivity contribution in [2.75, 3.05) is 13.2 Å². The summed E-state index contributed by atoms with van der Waals surface area (Å²) in [6, 6.07) is 6.38. The number of aliphatic hydroxyl groups is 1. The van der Waals surface area contributed by atoms with Gasteiger partial charge >= 0.3 is 0 Å². The van der Waals surface area contributed by atoms with Gasteiger partial charge in [-0.05, 0) is 33.8 Å². The molecule has 6 heteroatoms. The molecule has 2 rings (SSSR count). The van der Waals surface area contributed by atoms with Crippen molar-refractivity contribution >= 4 is 11.4 Å². The van der Waals surface area contributed by atoms with Crippen LogP contribution in [0.1, 0.15) is 33.3 Å². The number of hydrogen-bond donors (Lipinski definition) is 2. The lowest BCUT2D eigenvalue weighted by atomic mass is 9.78. The van der Waals surface area contributed by atoms with Gasteiger partial charge in [0.2, 0.25) is 0 Å². The number of ether oxygens (including phenoxy) is 1. The van der Waals surface area contributed by atoms with E-state index in [-0.39, 0.29) is 18.3 Å². The van der Waals surface area contributed by atoms with Crippen LogP contribution in [0.3, 0.4) is 0 Å². The SMILES string of the molecule is CC(C)(C)[S@@+]([O-])N[C@](C)(c1ccccc1F)[C@H]1COC[C@H]1O. The molecule has 0 bridgehead atoms. The molecule has 0 saturated carbocycles. The summed E-state index contributed by atoms with van der Waals surface area (Å²) in [5.74, 6) is -0.766. The van der Waals surface area contributed by atoms with Gasteiger partial charge in [-0.15, -0.1) is 4.72 Å².